The van der Waals surface area contributed by atoms with E-state index in [4.69, 9.17) is 5.73 Å². The van der Waals surface area contributed by atoms with Crippen molar-refractivity contribution in [3.05, 3.63) is 51.7 Å². The molecule has 0 aliphatic heterocycles. The van der Waals surface area contributed by atoms with Gasteiger partial charge in [0.2, 0.25) is 5.91 Å². The van der Waals surface area contributed by atoms with Gasteiger partial charge in [0.05, 0.1) is 16.5 Å². The van der Waals surface area contributed by atoms with Gasteiger partial charge in [0.25, 0.3) is 5.91 Å². The van der Waals surface area contributed by atoms with Crippen molar-refractivity contribution >= 4 is 28.8 Å². The monoisotopic (exact) mass is 330 g/mol. The number of anilines is 1. The molecule has 1 heterocycles. The standard InChI is InChI=1S/C18H22N2O2S/c1-4-11(2)16(13-8-6-5-7-9-13)18(22)20-14-10-15(17(19)21)23-12(14)3/h5-11,16H,4H2,1-3H3,(H2,19,21)(H,20,22)/t11-,16-/m0/s1. The highest BCUT2D eigenvalue weighted by molar-refractivity contribution is 7.14. The number of amides is 2. The van der Waals surface area contributed by atoms with Crippen LogP contribution >= 0.6 is 11.3 Å². The quantitative estimate of drug-likeness (QED) is 0.842. The number of nitrogens with one attached hydrogen (secondary N) is 1. The van der Waals surface area contributed by atoms with Gasteiger partial charge in [0.1, 0.15) is 0 Å². The number of primary amides is 1. The summed E-state index contributed by atoms with van der Waals surface area (Å²) in [5.74, 6) is -0.535. The Labute approximate surface area is 140 Å². The Bertz CT molecular complexity index is 694. The van der Waals surface area contributed by atoms with E-state index in [2.05, 4.69) is 19.2 Å². The molecule has 4 nitrogen and oxygen atoms in total. The third kappa shape index (κ3) is 3.99. The molecule has 0 aliphatic rings. The van der Waals surface area contributed by atoms with Crippen LogP contribution in [0.2, 0.25) is 0 Å². The first kappa shape index (κ1) is 17.2. The molecule has 1 aromatic heterocycles. The van der Waals surface area contributed by atoms with Crippen LogP contribution < -0.4 is 11.1 Å². The van der Waals surface area contributed by atoms with Crippen LogP contribution in [0.5, 0.6) is 0 Å². The van der Waals surface area contributed by atoms with Crippen molar-refractivity contribution in [3.8, 4) is 0 Å². The number of rotatable bonds is 6. The van der Waals surface area contributed by atoms with Gasteiger partial charge in [-0.2, -0.15) is 0 Å². The lowest BCUT2D eigenvalue weighted by molar-refractivity contribution is -0.118. The lowest BCUT2D eigenvalue weighted by atomic mass is 9.85. The molecule has 0 fully saturated rings. The van der Waals surface area contributed by atoms with Crippen molar-refractivity contribution in [1.82, 2.24) is 0 Å². The van der Waals surface area contributed by atoms with E-state index < -0.39 is 5.91 Å². The molecule has 2 rings (SSSR count). The van der Waals surface area contributed by atoms with Crippen LogP contribution in [0.1, 0.15) is 46.3 Å². The minimum atomic E-state index is -0.472. The third-order valence-electron chi connectivity index (χ3n) is 4.07. The number of carbonyl (C=O) groups is 2. The number of nitrogens with two attached hydrogens (primary N) is 1. The molecule has 0 bridgehead atoms. The van der Waals surface area contributed by atoms with Gasteiger partial charge in [-0.1, -0.05) is 50.6 Å². The molecular formula is C18H22N2O2S. The predicted molar refractivity (Wildman–Crippen MR) is 94.8 cm³/mol. The first-order valence-corrected chi connectivity index (χ1v) is 8.51. The Morgan fingerprint density at radius 3 is 2.43 bits per heavy atom. The Hall–Kier alpha value is -2.14. The van der Waals surface area contributed by atoms with E-state index >= 15 is 0 Å². The summed E-state index contributed by atoms with van der Waals surface area (Å²) in [6.45, 7) is 6.02. The molecule has 0 aliphatic carbocycles. The summed E-state index contributed by atoms with van der Waals surface area (Å²) in [7, 11) is 0. The second-order valence-electron chi connectivity index (χ2n) is 5.71. The smallest absolute Gasteiger partial charge is 0.258 e. The van der Waals surface area contributed by atoms with E-state index in [0.717, 1.165) is 16.9 Å². The van der Waals surface area contributed by atoms with Crippen LogP contribution in [0.3, 0.4) is 0 Å². The maximum Gasteiger partial charge on any atom is 0.258 e. The molecule has 23 heavy (non-hydrogen) atoms. The van der Waals surface area contributed by atoms with Gasteiger partial charge in [0.15, 0.2) is 0 Å². The van der Waals surface area contributed by atoms with E-state index in [-0.39, 0.29) is 17.7 Å². The van der Waals surface area contributed by atoms with Crippen molar-refractivity contribution in [2.75, 3.05) is 5.32 Å². The molecule has 2 amide bonds. The molecule has 0 radical (unpaired) electrons. The summed E-state index contributed by atoms with van der Waals surface area (Å²) in [6.07, 6.45) is 0.905. The summed E-state index contributed by atoms with van der Waals surface area (Å²) in [5.41, 5.74) is 6.97. The highest BCUT2D eigenvalue weighted by Crippen LogP contribution is 2.31. The van der Waals surface area contributed by atoms with Crippen LogP contribution in [-0.4, -0.2) is 11.8 Å². The van der Waals surface area contributed by atoms with E-state index in [1.54, 1.807) is 6.07 Å². The highest BCUT2D eigenvalue weighted by Gasteiger charge is 2.26. The molecule has 5 heteroatoms. The van der Waals surface area contributed by atoms with Crippen LogP contribution in [0.15, 0.2) is 36.4 Å². The fourth-order valence-corrected chi connectivity index (χ4v) is 3.40. The van der Waals surface area contributed by atoms with Crippen LogP contribution in [-0.2, 0) is 4.79 Å². The van der Waals surface area contributed by atoms with Crippen LogP contribution in [0.25, 0.3) is 0 Å². The van der Waals surface area contributed by atoms with Gasteiger partial charge in [0, 0.05) is 4.88 Å². The fraction of sp³-hybridized carbons (Fsp3) is 0.333. The minimum absolute atomic E-state index is 0.0533. The minimum Gasteiger partial charge on any atom is -0.365 e. The topological polar surface area (TPSA) is 72.2 Å². The molecule has 122 valence electrons. The van der Waals surface area contributed by atoms with Gasteiger partial charge in [-0.05, 0) is 24.5 Å². The molecule has 0 saturated carbocycles. The van der Waals surface area contributed by atoms with Crippen molar-refractivity contribution in [3.63, 3.8) is 0 Å². The first-order chi connectivity index (χ1) is 10.9. The van der Waals surface area contributed by atoms with E-state index in [1.807, 2.05) is 37.3 Å². The van der Waals surface area contributed by atoms with Crippen molar-refractivity contribution < 1.29 is 9.59 Å². The number of thiophene rings is 1. The van der Waals surface area contributed by atoms with E-state index in [0.29, 0.717) is 10.6 Å². The lowest BCUT2D eigenvalue weighted by Crippen LogP contribution is -2.26. The largest absolute Gasteiger partial charge is 0.365 e. The third-order valence-corrected chi connectivity index (χ3v) is 5.14. The summed E-state index contributed by atoms with van der Waals surface area (Å²) in [6, 6.07) is 11.4. The van der Waals surface area contributed by atoms with Crippen molar-refractivity contribution in [2.45, 2.75) is 33.1 Å². The predicted octanol–water partition coefficient (Wildman–Crippen LogP) is 3.92. The van der Waals surface area contributed by atoms with Crippen molar-refractivity contribution in [2.24, 2.45) is 11.7 Å². The summed E-state index contributed by atoms with van der Waals surface area (Å²) >= 11 is 1.30. The van der Waals surface area contributed by atoms with Gasteiger partial charge in [-0.25, -0.2) is 0 Å². The number of hydrogen-bond acceptors (Lipinski definition) is 3. The first-order valence-electron chi connectivity index (χ1n) is 7.70. The Morgan fingerprint density at radius 1 is 1.26 bits per heavy atom. The fourth-order valence-electron chi connectivity index (χ4n) is 2.57. The molecule has 2 atom stereocenters. The second kappa shape index (κ2) is 7.42. The second-order valence-corrected chi connectivity index (χ2v) is 6.96. The summed E-state index contributed by atoms with van der Waals surface area (Å²) in [4.78, 5) is 25.4. The van der Waals surface area contributed by atoms with Gasteiger partial charge in [-0.15, -0.1) is 11.3 Å². The maximum absolute atomic E-state index is 12.8. The molecule has 0 saturated heterocycles. The van der Waals surface area contributed by atoms with E-state index in [1.165, 1.54) is 11.3 Å². The zero-order valence-electron chi connectivity index (χ0n) is 13.6. The zero-order chi connectivity index (χ0) is 17.0. The lowest BCUT2D eigenvalue weighted by Gasteiger charge is -2.22. The summed E-state index contributed by atoms with van der Waals surface area (Å²) < 4.78 is 0. The maximum atomic E-state index is 12.8. The average Bonchev–Trinajstić information content (AvgIpc) is 2.89. The Morgan fingerprint density at radius 2 is 1.91 bits per heavy atom. The molecule has 0 spiro atoms. The summed E-state index contributed by atoms with van der Waals surface area (Å²) in [5, 5.41) is 2.96. The van der Waals surface area contributed by atoms with Gasteiger partial charge >= 0.3 is 0 Å². The van der Waals surface area contributed by atoms with Gasteiger partial charge in [-0.3, -0.25) is 9.59 Å². The van der Waals surface area contributed by atoms with Crippen LogP contribution in [0.4, 0.5) is 5.69 Å². The number of hydrogen-bond donors (Lipinski definition) is 2. The van der Waals surface area contributed by atoms with Crippen LogP contribution in [0, 0.1) is 12.8 Å². The van der Waals surface area contributed by atoms with Crippen molar-refractivity contribution in [1.29, 1.82) is 0 Å². The zero-order valence-corrected chi connectivity index (χ0v) is 14.4. The van der Waals surface area contributed by atoms with E-state index in [9.17, 15) is 9.59 Å². The molecule has 3 N–H and O–H groups in total. The number of aryl methyl sites for hydroxylation is 1. The number of benzene rings is 1. The normalized spacial score (nSPS) is 13.3. The molecule has 0 unspecified atom stereocenters. The SMILES string of the molecule is CC[C@H](C)[C@H](C(=O)Nc1cc(C(N)=O)sc1C)c1ccccc1. The van der Waals surface area contributed by atoms with Gasteiger partial charge < -0.3 is 11.1 Å². The molecular weight excluding hydrogens is 308 g/mol. The highest BCUT2D eigenvalue weighted by atomic mass is 32.1. The number of carbonyl (C=O) groups excluding carboxylic acids is 2. The Kier molecular flexibility index (Phi) is 5.55. The molecule has 1 aromatic carbocycles. The Balaban J connectivity index is 2.26. The molecule has 2 aromatic rings. The average molecular weight is 330 g/mol.